The lowest BCUT2D eigenvalue weighted by Gasteiger charge is -2.27. The van der Waals surface area contributed by atoms with Crippen molar-refractivity contribution in [3.8, 4) is 0 Å². The number of hydrogen-bond donors (Lipinski definition) is 1. The summed E-state index contributed by atoms with van der Waals surface area (Å²) in [7, 11) is 0. The Morgan fingerprint density at radius 1 is 1.24 bits per heavy atom. The molecule has 0 saturated carbocycles. The highest BCUT2D eigenvalue weighted by Crippen LogP contribution is 2.41. The summed E-state index contributed by atoms with van der Waals surface area (Å²) in [5, 5.41) is 11.0. The van der Waals surface area contributed by atoms with Crippen LogP contribution in [0.3, 0.4) is 0 Å². The summed E-state index contributed by atoms with van der Waals surface area (Å²) in [5.41, 5.74) is 7.03. The van der Waals surface area contributed by atoms with Crippen LogP contribution in [0, 0.1) is 6.92 Å². The molecule has 2 heterocycles. The number of aromatic nitrogens is 1. The number of hydrogen-bond acceptors (Lipinski definition) is 5. The number of halogens is 1. The van der Waals surface area contributed by atoms with E-state index in [-0.39, 0.29) is 6.42 Å². The molecular weight excluding hydrogens is 516 g/mol. The second kappa shape index (κ2) is 11.4. The molecule has 200 valence electrons. The molecular formula is C31H35ClN2O3S. The van der Waals surface area contributed by atoms with Gasteiger partial charge in [0.1, 0.15) is 0 Å². The molecule has 4 rings (SSSR count). The standard InChI is InChI=1S/C31H35ClN2O3S/c1-19-7-12-27-23(15-19)13-14-34(27)30-33-26(29(38-30)21(3)22-8-10-24(32)11-9-22)17-20(2)16-25(18-28(35)36)37-31(4,5)6/h7-12,15,17,25H,3,13-14,16,18H2,1-2,4-6H3,(H,35,36)/b20-17-/t25-/m0/s1. The number of nitrogens with zero attached hydrogens (tertiary/aromatic N) is 2. The molecule has 0 spiro atoms. The number of anilines is 2. The number of aliphatic carboxylic acids is 1. The summed E-state index contributed by atoms with van der Waals surface area (Å²) in [6, 6.07) is 14.2. The van der Waals surface area contributed by atoms with Gasteiger partial charge in [-0.15, -0.1) is 0 Å². The Labute approximate surface area is 234 Å². The minimum absolute atomic E-state index is 0.0565. The van der Waals surface area contributed by atoms with Crippen LogP contribution in [0.1, 0.15) is 67.8 Å². The molecule has 3 aromatic rings. The second-order valence-electron chi connectivity index (χ2n) is 10.9. The fraction of sp³-hybridized carbons (Fsp3) is 0.355. The smallest absolute Gasteiger partial charge is 0.305 e. The van der Waals surface area contributed by atoms with Crippen LogP contribution in [0.4, 0.5) is 10.8 Å². The lowest BCUT2D eigenvalue weighted by atomic mass is 10.0. The van der Waals surface area contributed by atoms with Crippen LogP contribution in [0.5, 0.6) is 0 Å². The lowest BCUT2D eigenvalue weighted by Crippen LogP contribution is -2.29. The topological polar surface area (TPSA) is 62.7 Å². The fourth-order valence-electron chi connectivity index (χ4n) is 4.76. The zero-order chi connectivity index (χ0) is 27.6. The number of carboxylic acids is 1. The van der Waals surface area contributed by atoms with E-state index in [9.17, 15) is 9.90 Å². The van der Waals surface area contributed by atoms with Gasteiger partial charge in [0.2, 0.25) is 0 Å². The third-order valence-corrected chi connectivity index (χ3v) is 7.73. The van der Waals surface area contributed by atoms with Crippen molar-refractivity contribution in [2.24, 2.45) is 0 Å². The van der Waals surface area contributed by atoms with Crippen molar-refractivity contribution in [2.45, 2.75) is 65.6 Å². The highest BCUT2D eigenvalue weighted by molar-refractivity contribution is 7.17. The molecule has 0 unspecified atom stereocenters. The van der Waals surface area contributed by atoms with E-state index in [1.165, 1.54) is 16.8 Å². The van der Waals surface area contributed by atoms with Crippen LogP contribution in [0.2, 0.25) is 5.02 Å². The third-order valence-electron chi connectivity index (χ3n) is 6.33. The van der Waals surface area contributed by atoms with Gasteiger partial charge in [0.05, 0.1) is 28.7 Å². The number of aryl methyl sites for hydroxylation is 1. The molecule has 1 aliphatic rings. The quantitative estimate of drug-likeness (QED) is 0.290. The monoisotopic (exact) mass is 550 g/mol. The van der Waals surface area contributed by atoms with Gasteiger partial charge < -0.3 is 14.7 Å². The summed E-state index contributed by atoms with van der Waals surface area (Å²) in [6.45, 7) is 15.2. The normalized spacial score (nSPS) is 14.5. The molecule has 1 atom stereocenters. The Morgan fingerprint density at radius 2 is 1.95 bits per heavy atom. The first-order chi connectivity index (χ1) is 17.9. The first kappa shape index (κ1) is 28.1. The summed E-state index contributed by atoms with van der Waals surface area (Å²) in [6.07, 6.45) is 3.03. The van der Waals surface area contributed by atoms with E-state index in [1.54, 1.807) is 11.3 Å². The molecule has 38 heavy (non-hydrogen) atoms. The molecule has 0 fully saturated rings. The van der Waals surface area contributed by atoms with Crippen LogP contribution in [0.15, 0.2) is 54.6 Å². The molecule has 1 aliphatic heterocycles. The van der Waals surface area contributed by atoms with Crippen LogP contribution in [-0.2, 0) is 16.0 Å². The number of carbonyl (C=O) groups is 1. The molecule has 0 amide bonds. The minimum Gasteiger partial charge on any atom is -0.481 e. The van der Waals surface area contributed by atoms with E-state index in [0.717, 1.165) is 45.4 Å². The molecule has 0 aliphatic carbocycles. The Hall–Kier alpha value is -2.93. The van der Waals surface area contributed by atoms with Crippen LogP contribution in [-0.4, -0.2) is 34.3 Å². The molecule has 0 radical (unpaired) electrons. The summed E-state index contributed by atoms with van der Waals surface area (Å²) in [5.74, 6) is -0.872. The summed E-state index contributed by atoms with van der Waals surface area (Å²) >= 11 is 7.76. The van der Waals surface area contributed by atoms with E-state index in [4.69, 9.17) is 21.3 Å². The number of fused-ring (bicyclic) bond motifs is 1. The molecule has 7 heteroatoms. The number of ether oxygens (including phenoxy) is 1. The van der Waals surface area contributed by atoms with Gasteiger partial charge in [0, 0.05) is 17.3 Å². The van der Waals surface area contributed by atoms with Crippen LogP contribution >= 0.6 is 22.9 Å². The van der Waals surface area contributed by atoms with Gasteiger partial charge in [-0.2, -0.15) is 0 Å². The van der Waals surface area contributed by atoms with Gasteiger partial charge in [-0.1, -0.05) is 64.9 Å². The highest BCUT2D eigenvalue weighted by Gasteiger charge is 2.26. The molecule has 0 saturated heterocycles. The van der Waals surface area contributed by atoms with Crippen molar-refractivity contribution in [1.29, 1.82) is 0 Å². The van der Waals surface area contributed by atoms with Crippen LogP contribution < -0.4 is 4.90 Å². The van der Waals surface area contributed by atoms with Crippen molar-refractivity contribution in [3.05, 3.63) is 86.9 Å². The second-order valence-corrected chi connectivity index (χ2v) is 12.3. The maximum Gasteiger partial charge on any atom is 0.305 e. The average Bonchev–Trinajstić information content (AvgIpc) is 3.41. The number of carboxylic acid groups (broad SMARTS) is 1. The first-order valence-electron chi connectivity index (χ1n) is 12.8. The van der Waals surface area contributed by atoms with Crippen molar-refractivity contribution in [1.82, 2.24) is 4.98 Å². The van der Waals surface area contributed by atoms with Crippen molar-refractivity contribution < 1.29 is 14.6 Å². The van der Waals surface area contributed by atoms with Crippen molar-refractivity contribution >= 4 is 51.4 Å². The van der Waals surface area contributed by atoms with Crippen molar-refractivity contribution in [3.63, 3.8) is 0 Å². The fourth-order valence-corrected chi connectivity index (χ4v) is 5.97. The molecule has 0 bridgehead atoms. The van der Waals surface area contributed by atoms with Crippen LogP contribution in [0.25, 0.3) is 11.6 Å². The number of rotatable bonds is 9. The van der Waals surface area contributed by atoms with E-state index >= 15 is 0 Å². The Bertz CT molecular complexity index is 1370. The van der Waals surface area contributed by atoms with E-state index in [2.05, 4.69) is 36.6 Å². The largest absolute Gasteiger partial charge is 0.481 e. The molecule has 2 aromatic carbocycles. The molecule has 5 nitrogen and oxygen atoms in total. The van der Waals surface area contributed by atoms with E-state index in [0.29, 0.717) is 11.4 Å². The predicted octanol–water partition coefficient (Wildman–Crippen LogP) is 8.31. The SMILES string of the molecule is C=C(c1ccc(Cl)cc1)c1sc(N2CCc3cc(C)ccc32)nc1/C=C(/C)C[C@@H](CC(=O)O)OC(C)(C)C. The number of benzene rings is 2. The summed E-state index contributed by atoms with van der Waals surface area (Å²) < 4.78 is 6.07. The summed E-state index contributed by atoms with van der Waals surface area (Å²) in [4.78, 5) is 19.8. The highest BCUT2D eigenvalue weighted by atomic mass is 35.5. The Morgan fingerprint density at radius 3 is 2.61 bits per heavy atom. The van der Waals surface area contributed by atoms with Gasteiger partial charge in [-0.25, -0.2) is 4.98 Å². The van der Waals surface area contributed by atoms with E-state index in [1.807, 2.05) is 58.0 Å². The maximum absolute atomic E-state index is 11.5. The predicted molar refractivity (Wildman–Crippen MR) is 159 cm³/mol. The molecule has 1 N–H and O–H groups in total. The minimum atomic E-state index is -0.872. The van der Waals surface area contributed by atoms with Gasteiger partial charge in [0.15, 0.2) is 5.13 Å². The first-order valence-corrected chi connectivity index (χ1v) is 14.0. The zero-order valence-corrected chi connectivity index (χ0v) is 24.2. The maximum atomic E-state index is 11.5. The van der Waals surface area contributed by atoms with Gasteiger partial charge in [-0.3, -0.25) is 4.79 Å². The van der Waals surface area contributed by atoms with Crippen molar-refractivity contribution in [2.75, 3.05) is 11.4 Å². The Kier molecular flexibility index (Phi) is 8.46. The third kappa shape index (κ3) is 6.93. The lowest BCUT2D eigenvalue weighted by molar-refractivity contribution is -0.143. The van der Waals surface area contributed by atoms with Gasteiger partial charge in [-0.05, 0) is 88.4 Å². The average molecular weight is 551 g/mol. The van der Waals surface area contributed by atoms with Gasteiger partial charge >= 0.3 is 5.97 Å². The number of thiazole rings is 1. The molecule has 1 aromatic heterocycles. The van der Waals surface area contributed by atoms with E-state index < -0.39 is 17.7 Å². The zero-order valence-electron chi connectivity index (χ0n) is 22.7. The Balaban J connectivity index is 1.71. The van der Waals surface area contributed by atoms with Gasteiger partial charge in [0.25, 0.3) is 0 Å².